The van der Waals surface area contributed by atoms with Crippen molar-refractivity contribution in [2.45, 2.75) is 56.4 Å². The maximum atomic E-state index is 12.7. The fourth-order valence-electron chi connectivity index (χ4n) is 4.89. The van der Waals surface area contributed by atoms with E-state index in [0.717, 1.165) is 12.8 Å². The van der Waals surface area contributed by atoms with E-state index in [4.69, 9.17) is 14.2 Å². The van der Waals surface area contributed by atoms with Crippen LogP contribution in [0.2, 0.25) is 0 Å². The molecule has 5 rings (SSSR count). The number of aliphatic hydroxyl groups excluding tert-OH is 1. The smallest absolute Gasteiger partial charge is 0.251 e. The number of fused-ring (bicyclic) bond motifs is 2. The molecule has 3 aliphatic rings. The van der Waals surface area contributed by atoms with Crippen molar-refractivity contribution in [3.8, 4) is 11.5 Å². The van der Waals surface area contributed by atoms with E-state index in [2.05, 4.69) is 22.8 Å². The van der Waals surface area contributed by atoms with E-state index in [9.17, 15) is 14.7 Å². The molecule has 0 bridgehead atoms. The van der Waals surface area contributed by atoms with Crippen LogP contribution in [0.15, 0.2) is 42.5 Å². The first kappa shape index (κ1) is 21.7. The summed E-state index contributed by atoms with van der Waals surface area (Å²) < 4.78 is 16.6. The van der Waals surface area contributed by atoms with E-state index in [-0.39, 0.29) is 49.8 Å². The number of nitrogens with one attached hydrogen (secondary N) is 2. The average molecular weight is 453 g/mol. The Bertz CT molecular complexity index is 1020. The van der Waals surface area contributed by atoms with E-state index < -0.39 is 6.10 Å². The predicted octanol–water partition coefficient (Wildman–Crippen LogP) is 1.73. The Labute approximate surface area is 192 Å². The Hall–Kier alpha value is -3.10. The van der Waals surface area contributed by atoms with Crippen molar-refractivity contribution in [2.24, 2.45) is 0 Å². The van der Waals surface area contributed by atoms with Crippen LogP contribution in [0.5, 0.6) is 11.5 Å². The molecule has 174 valence electrons. The molecule has 8 heteroatoms. The van der Waals surface area contributed by atoms with Crippen LogP contribution in [0, 0.1) is 0 Å². The molecule has 0 saturated carbocycles. The van der Waals surface area contributed by atoms with E-state index >= 15 is 0 Å². The zero-order valence-electron chi connectivity index (χ0n) is 18.3. The summed E-state index contributed by atoms with van der Waals surface area (Å²) in [5, 5.41) is 15.9. The van der Waals surface area contributed by atoms with Gasteiger partial charge in [-0.3, -0.25) is 9.59 Å². The van der Waals surface area contributed by atoms with Gasteiger partial charge in [-0.05, 0) is 55.0 Å². The highest BCUT2D eigenvalue weighted by atomic mass is 16.7. The fraction of sp³-hybridized carbons (Fsp3) is 0.440. The van der Waals surface area contributed by atoms with Gasteiger partial charge in [0.2, 0.25) is 12.7 Å². The summed E-state index contributed by atoms with van der Waals surface area (Å²) in [7, 11) is 0. The minimum absolute atomic E-state index is 0.0441. The third kappa shape index (κ3) is 4.82. The van der Waals surface area contributed by atoms with Crippen LogP contribution in [-0.4, -0.2) is 54.6 Å². The number of aliphatic hydroxyl groups is 1. The molecule has 0 spiro atoms. The fourth-order valence-corrected chi connectivity index (χ4v) is 4.89. The van der Waals surface area contributed by atoms with Crippen molar-refractivity contribution in [3.63, 3.8) is 0 Å². The molecule has 1 saturated heterocycles. The number of ether oxygens (including phenoxy) is 3. The summed E-state index contributed by atoms with van der Waals surface area (Å²) in [5.41, 5.74) is 3.03. The Balaban J connectivity index is 1.12. The molecule has 2 aromatic rings. The van der Waals surface area contributed by atoms with Gasteiger partial charge >= 0.3 is 0 Å². The van der Waals surface area contributed by atoms with Crippen molar-refractivity contribution >= 4 is 11.8 Å². The maximum Gasteiger partial charge on any atom is 0.251 e. The van der Waals surface area contributed by atoms with Gasteiger partial charge in [-0.15, -0.1) is 0 Å². The van der Waals surface area contributed by atoms with Crippen LogP contribution in [-0.2, 0) is 22.4 Å². The number of hydrogen-bond acceptors (Lipinski definition) is 6. The monoisotopic (exact) mass is 452 g/mol. The molecule has 1 fully saturated rings. The topological polar surface area (TPSA) is 106 Å². The lowest BCUT2D eigenvalue weighted by atomic mass is 9.96. The lowest BCUT2D eigenvalue weighted by molar-refractivity contribution is -0.131. The van der Waals surface area contributed by atoms with E-state index in [1.807, 2.05) is 12.1 Å². The number of amides is 2. The molecule has 2 aromatic carbocycles. The van der Waals surface area contributed by atoms with Crippen molar-refractivity contribution in [1.29, 1.82) is 0 Å². The van der Waals surface area contributed by atoms with Gasteiger partial charge in [0.05, 0.1) is 25.2 Å². The van der Waals surface area contributed by atoms with Crippen molar-refractivity contribution < 1.29 is 28.9 Å². The number of carbonyl (C=O) groups excluding carboxylic acids is 2. The highest BCUT2D eigenvalue weighted by Crippen LogP contribution is 2.32. The zero-order chi connectivity index (χ0) is 22.8. The second kappa shape index (κ2) is 9.41. The molecule has 1 aliphatic carbocycles. The molecule has 3 atom stereocenters. The molecule has 8 nitrogen and oxygen atoms in total. The summed E-state index contributed by atoms with van der Waals surface area (Å²) in [6.45, 7) is -0.0890. The van der Waals surface area contributed by atoms with Crippen molar-refractivity contribution in [3.05, 3.63) is 59.2 Å². The first-order valence-corrected chi connectivity index (χ1v) is 11.4. The third-order valence-electron chi connectivity index (χ3n) is 6.58. The Morgan fingerprint density at radius 1 is 0.970 bits per heavy atom. The van der Waals surface area contributed by atoms with E-state index in [1.54, 1.807) is 18.2 Å². The highest BCUT2D eigenvalue weighted by Gasteiger charge is 2.34. The number of hydrogen-bond donors (Lipinski definition) is 3. The van der Waals surface area contributed by atoms with Crippen LogP contribution in [0.25, 0.3) is 0 Å². The largest absolute Gasteiger partial charge is 0.454 e. The van der Waals surface area contributed by atoms with Gasteiger partial charge in [-0.2, -0.15) is 0 Å². The van der Waals surface area contributed by atoms with Crippen LogP contribution in [0.1, 0.15) is 40.7 Å². The molecular weight excluding hydrogens is 424 g/mol. The van der Waals surface area contributed by atoms with Gasteiger partial charge in [0.1, 0.15) is 6.10 Å². The maximum absolute atomic E-state index is 12.7. The number of carbonyl (C=O) groups is 2. The SMILES string of the molecule is O=C(C[C@H]1CC[C@@H](NC(=O)c2ccc3c(c2)OCO3)[C@@H](CO)O1)NC1Cc2ccccc2C1. The summed E-state index contributed by atoms with van der Waals surface area (Å²) in [6.07, 6.45) is 2.33. The minimum Gasteiger partial charge on any atom is -0.454 e. The first-order valence-electron chi connectivity index (χ1n) is 11.4. The lowest BCUT2D eigenvalue weighted by Crippen LogP contribution is -2.51. The Kier molecular flexibility index (Phi) is 6.20. The van der Waals surface area contributed by atoms with E-state index in [0.29, 0.717) is 29.9 Å². The van der Waals surface area contributed by atoms with Gasteiger partial charge in [-0.1, -0.05) is 24.3 Å². The average Bonchev–Trinajstić information content (AvgIpc) is 3.45. The van der Waals surface area contributed by atoms with Crippen molar-refractivity contribution in [2.75, 3.05) is 13.4 Å². The predicted molar refractivity (Wildman–Crippen MR) is 119 cm³/mol. The highest BCUT2D eigenvalue weighted by molar-refractivity contribution is 5.95. The Morgan fingerprint density at radius 2 is 1.73 bits per heavy atom. The molecular formula is C25H28N2O6. The molecule has 0 aromatic heterocycles. The summed E-state index contributed by atoms with van der Waals surface area (Å²) in [6, 6.07) is 13.1. The summed E-state index contributed by atoms with van der Waals surface area (Å²) in [4.78, 5) is 25.3. The third-order valence-corrected chi connectivity index (χ3v) is 6.58. The molecule has 3 N–H and O–H groups in total. The molecule has 2 heterocycles. The minimum atomic E-state index is -0.565. The molecule has 0 unspecified atom stereocenters. The van der Waals surface area contributed by atoms with Crippen LogP contribution < -0.4 is 20.1 Å². The second-order valence-corrected chi connectivity index (χ2v) is 8.85. The lowest BCUT2D eigenvalue weighted by Gasteiger charge is -2.36. The standard InChI is InChI=1S/C25H28N2O6/c28-13-23-20(27-25(30)17-5-8-21-22(11-17)32-14-31-21)7-6-19(33-23)12-24(29)26-18-9-15-3-1-2-4-16(15)10-18/h1-5,8,11,18-20,23,28H,6-7,9-10,12-14H2,(H,26,29)(H,27,30)/t19-,20-,23-/m1/s1. The first-order chi connectivity index (χ1) is 16.1. The second-order valence-electron chi connectivity index (χ2n) is 8.85. The van der Waals surface area contributed by atoms with Gasteiger partial charge in [0, 0.05) is 11.6 Å². The van der Waals surface area contributed by atoms with Gasteiger partial charge in [-0.25, -0.2) is 0 Å². The number of rotatable bonds is 6. The summed E-state index contributed by atoms with van der Waals surface area (Å²) >= 11 is 0. The molecule has 2 amide bonds. The van der Waals surface area contributed by atoms with Crippen molar-refractivity contribution in [1.82, 2.24) is 10.6 Å². The normalized spacial score (nSPS) is 23.7. The molecule has 0 radical (unpaired) electrons. The van der Waals surface area contributed by atoms with Crippen LogP contribution in [0.4, 0.5) is 0 Å². The van der Waals surface area contributed by atoms with Gasteiger partial charge < -0.3 is 30.0 Å². The van der Waals surface area contributed by atoms with Crippen LogP contribution in [0.3, 0.4) is 0 Å². The quantitative estimate of drug-likeness (QED) is 0.617. The van der Waals surface area contributed by atoms with Gasteiger partial charge in [0.15, 0.2) is 11.5 Å². The molecule has 2 aliphatic heterocycles. The number of benzene rings is 2. The zero-order valence-corrected chi connectivity index (χ0v) is 18.3. The van der Waals surface area contributed by atoms with Gasteiger partial charge in [0.25, 0.3) is 5.91 Å². The van der Waals surface area contributed by atoms with Crippen LogP contribution >= 0.6 is 0 Å². The molecule has 33 heavy (non-hydrogen) atoms. The Morgan fingerprint density at radius 3 is 2.48 bits per heavy atom. The summed E-state index contributed by atoms with van der Waals surface area (Å²) in [5.74, 6) is 0.843. The van der Waals surface area contributed by atoms with E-state index in [1.165, 1.54) is 11.1 Å².